The molecule has 2 aromatic rings. The summed E-state index contributed by atoms with van der Waals surface area (Å²) in [5.74, 6) is 0.121. The van der Waals surface area contributed by atoms with Crippen molar-refractivity contribution in [1.29, 1.82) is 0 Å². The molecule has 0 spiro atoms. The molecule has 1 heterocycles. The number of aromatic nitrogens is 1. The Morgan fingerprint density at radius 2 is 2.19 bits per heavy atom. The lowest BCUT2D eigenvalue weighted by Crippen LogP contribution is -2.04. The van der Waals surface area contributed by atoms with Gasteiger partial charge >= 0.3 is 0 Å². The van der Waals surface area contributed by atoms with Gasteiger partial charge in [-0.1, -0.05) is 11.6 Å². The quantitative estimate of drug-likeness (QED) is 0.621. The molecule has 110 valence electrons. The van der Waals surface area contributed by atoms with Crippen molar-refractivity contribution in [2.45, 2.75) is 6.92 Å². The number of aryl methyl sites for hydroxylation is 1. The largest absolute Gasteiger partial charge is 0.465 e. The van der Waals surface area contributed by atoms with Crippen LogP contribution in [-0.2, 0) is 4.74 Å². The van der Waals surface area contributed by atoms with Gasteiger partial charge in [0.1, 0.15) is 5.82 Å². The first kappa shape index (κ1) is 15.4. The maximum atomic E-state index is 13.1. The summed E-state index contributed by atoms with van der Waals surface area (Å²) in [4.78, 5) is 8.42. The first-order valence-corrected chi connectivity index (χ1v) is 6.56. The van der Waals surface area contributed by atoms with Crippen LogP contribution in [0.15, 0.2) is 35.5 Å². The van der Waals surface area contributed by atoms with Gasteiger partial charge in [-0.25, -0.2) is 4.39 Å². The molecule has 0 N–H and O–H groups in total. The van der Waals surface area contributed by atoms with Gasteiger partial charge in [0.2, 0.25) is 0 Å². The smallest absolute Gasteiger partial charge is 0.188 e. The molecule has 0 saturated carbocycles. The van der Waals surface area contributed by atoms with Gasteiger partial charge in [-0.05, 0) is 31.2 Å². The van der Waals surface area contributed by atoms with Gasteiger partial charge in [0.15, 0.2) is 12.5 Å². The highest BCUT2D eigenvalue weighted by molar-refractivity contribution is 6.31. The zero-order chi connectivity index (χ0) is 15.2. The van der Waals surface area contributed by atoms with Crippen molar-refractivity contribution in [3.8, 4) is 5.75 Å². The fourth-order valence-electron chi connectivity index (χ4n) is 1.69. The molecule has 1 aromatic carbocycles. The van der Waals surface area contributed by atoms with E-state index in [9.17, 15) is 4.39 Å². The van der Waals surface area contributed by atoms with E-state index >= 15 is 0 Å². The van der Waals surface area contributed by atoms with Crippen molar-refractivity contribution in [2.24, 2.45) is 4.99 Å². The molecule has 0 unspecified atom stereocenters. The second-order valence-electron chi connectivity index (χ2n) is 4.22. The van der Waals surface area contributed by atoms with Crippen molar-refractivity contribution < 1.29 is 13.9 Å². The Labute approximate surface area is 127 Å². The third-order valence-electron chi connectivity index (χ3n) is 2.69. The topological polar surface area (TPSA) is 43.7 Å². The SMILES string of the molecule is COCOc1c(/C=N/c2ccc(F)c(Cl)c2)ccnc1C. The Morgan fingerprint density at radius 3 is 2.90 bits per heavy atom. The van der Waals surface area contributed by atoms with Gasteiger partial charge in [0, 0.05) is 25.1 Å². The van der Waals surface area contributed by atoms with Gasteiger partial charge in [0.05, 0.1) is 16.4 Å². The third kappa shape index (κ3) is 4.00. The molecule has 2 rings (SSSR count). The summed E-state index contributed by atoms with van der Waals surface area (Å²) in [5, 5.41) is 0.0337. The molecule has 0 aliphatic rings. The minimum absolute atomic E-state index is 0.0337. The number of benzene rings is 1. The molecule has 0 aliphatic heterocycles. The summed E-state index contributed by atoms with van der Waals surface area (Å²) in [6.45, 7) is 1.95. The Balaban J connectivity index is 2.27. The summed E-state index contributed by atoms with van der Waals surface area (Å²) in [5.41, 5.74) is 2.03. The number of pyridine rings is 1. The molecule has 6 heteroatoms. The average molecular weight is 309 g/mol. The number of halogens is 2. The third-order valence-corrected chi connectivity index (χ3v) is 2.98. The molecule has 0 amide bonds. The number of nitrogens with zero attached hydrogens (tertiary/aromatic N) is 2. The van der Waals surface area contributed by atoms with E-state index in [0.29, 0.717) is 11.4 Å². The zero-order valence-corrected chi connectivity index (χ0v) is 12.4. The molecule has 0 bridgehead atoms. The first-order valence-electron chi connectivity index (χ1n) is 6.18. The maximum Gasteiger partial charge on any atom is 0.188 e. The summed E-state index contributed by atoms with van der Waals surface area (Å²) in [7, 11) is 1.54. The van der Waals surface area contributed by atoms with Crippen LogP contribution in [-0.4, -0.2) is 25.1 Å². The second-order valence-corrected chi connectivity index (χ2v) is 4.63. The number of methoxy groups -OCH3 is 1. The second kappa shape index (κ2) is 7.15. The predicted octanol–water partition coefficient (Wildman–Crippen LogP) is 3.92. The van der Waals surface area contributed by atoms with Crippen LogP contribution in [0.4, 0.5) is 10.1 Å². The average Bonchev–Trinajstić information content (AvgIpc) is 2.47. The van der Waals surface area contributed by atoms with Crippen molar-refractivity contribution in [1.82, 2.24) is 4.98 Å². The van der Waals surface area contributed by atoms with Crippen molar-refractivity contribution in [3.63, 3.8) is 0 Å². The first-order chi connectivity index (χ1) is 10.1. The van der Waals surface area contributed by atoms with Crippen molar-refractivity contribution in [3.05, 3.63) is 52.6 Å². The van der Waals surface area contributed by atoms with Gasteiger partial charge in [-0.15, -0.1) is 0 Å². The minimum atomic E-state index is -0.473. The van der Waals surface area contributed by atoms with E-state index in [0.717, 1.165) is 11.3 Å². The number of aliphatic imine (C=N–C) groups is 1. The number of hydrogen-bond acceptors (Lipinski definition) is 4. The van der Waals surface area contributed by atoms with Crippen LogP contribution in [0, 0.1) is 12.7 Å². The summed E-state index contributed by atoms with van der Waals surface area (Å²) in [6.07, 6.45) is 3.28. The molecular weight excluding hydrogens is 295 g/mol. The van der Waals surface area contributed by atoms with Crippen LogP contribution in [0.2, 0.25) is 5.02 Å². The minimum Gasteiger partial charge on any atom is -0.465 e. The molecule has 0 fully saturated rings. The van der Waals surface area contributed by atoms with Crippen LogP contribution in [0.3, 0.4) is 0 Å². The summed E-state index contributed by atoms with van der Waals surface area (Å²) >= 11 is 5.72. The lowest BCUT2D eigenvalue weighted by atomic mass is 10.2. The Morgan fingerprint density at radius 1 is 1.38 bits per heavy atom. The van der Waals surface area contributed by atoms with E-state index in [1.807, 2.05) is 6.92 Å². The Hall–Kier alpha value is -1.98. The van der Waals surface area contributed by atoms with E-state index in [4.69, 9.17) is 21.1 Å². The molecule has 21 heavy (non-hydrogen) atoms. The van der Waals surface area contributed by atoms with Gasteiger partial charge in [-0.3, -0.25) is 9.98 Å². The van der Waals surface area contributed by atoms with Crippen LogP contribution < -0.4 is 4.74 Å². The number of ether oxygens (including phenoxy) is 2. The highest BCUT2D eigenvalue weighted by Crippen LogP contribution is 2.23. The lowest BCUT2D eigenvalue weighted by Gasteiger charge is -2.09. The molecule has 1 aromatic heterocycles. The number of hydrogen-bond donors (Lipinski definition) is 0. The lowest BCUT2D eigenvalue weighted by molar-refractivity contribution is 0.0502. The highest BCUT2D eigenvalue weighted by atomic mass is 35.5. The van der Waals surface area contributed by atoms with Crippen LogP contribution >= 0.6 is 11.6 Å². The molecule has 0 radical (unpaired) electrons. The highest BCUT2D eigenvalue weighted by Gasteiger charge is 2.06. The standard InChI is InChI=1S/C15H14ClFN2O2/c1-10-15(21-9-20-2)11(5-6-18-10)8-19-12-3-4-14(17)13(16)7-12/h3-8H,9H2,1-2H3/b19-8+. The van der Waals surface area contributed by atoms with E-state index in [-0.39, 0.29) is 11.8 Å². The summed E-state index contributed by atoms with van der Waals surface area (Å²) in [6, 6.07) is 6.04. The van der Waals surface area contributed by atoms with Crippen molar-refractivity contribution >= 4 is 23.5 Å². The van der Waals surface area contributed by atoms with Crippen LogP contribution in [0.1, 0.15) is 11.3 Å². The monoisotopic (exact) mass is 308 g/mol. The predicted molar refractivity (Wildman–Crippen MR) is 80.1 cm³/mol. The molecule has 0 saturated heterocycles. The normalized spacial score (nSPS) is 11.0. The fourth-order valence-corrected chi connectivity index (χ4v) is 1.86. The fraction of sp³-hybridized carbons (Fsp3) is 0.200. The van der Waals surface area contributed by atoms with E-state index < -0.39 is 5.82 Å². The van der Waals surface area contributed by atoms with Gasteiger partial charge in [0.25, 0.3) is 0 Å². The van der Waals surface area contributed by atoms with E-state index in [1.165, 1.54) is 12.1 Å². The number of rotatable bonds is 5. The zero-order valence-electron chi connectivity index (χ0n) is 11.6. The van der Waals surface area contributed by atoms with E-state index in [2.05, 4.69) is 9.98 Å². The van der Waals surface area contributed by atoms with Crippen molar-refractivity contribution in [2.75, 3.05) is 13.9 Å². The molecular formula is C15H14ClFN2O2. The maximum absolute atomic E-state index is 13.1. The van der Waals surface area contributed by atoms with Gasteiger partial charge < -0.3 is 9.47 Å². The van der Waals surface area contributed by atoms with Crippen LogP contribution in [0.5, 0.6) is 5.75 Å². The van der Waals surface area contributed by atoms with Gasteiger partial charge in [-0.2, -0.15) is 0 Å². The molecule has 0 aliphatic carbocycles. The van der Waals surface area contributed by atoms with E-state index in [1.54, 1.807) is 31.7 Å². The molecule has 4 nitrogen and oxygen atoms in total. The molecule has 0 atom stereocenters. The Kier molecular flexibility index (Phi) is 5.25. The Bertz CT molecular complexity index is 662. The van der Waals surface area contributed by atoms with Crippen LogP contribution in [0.25, 0.3) is 0 Å². The summed E-state index contributed by atoms with van der Waals surface area (Å²) < 4.78 is 23.5.